The zero-order valence-corrected chi connectivity index (χ0v) is 15.5. The summed E-state index contributed by atoms with van der Waals surface area (Å²) < 4.78 is 0. The van der Waals surface area contributed by atoms with E-state index in [-0.39, 0.29) is 22.8 Å². The van der Waals surface area contributed by atoms with E-state index in [9.17, 15) is 14.4 Å². The lowest BCUT2D eigenvalue weighted by Crippen LogP contribution is -2.47. The summed E-state index contributed by atoms with van der Waals surface area (Å²) in [6, 6.07) is 10.4. The van der Waals surface area contributed by atoms with Gasteiger partial charge in [-0.05, 0) is 49.1 Å². The number of hydrogen-bond donors (Lipinski definition) is 2. The van der Waals surface area contributed by atoms with Crippen molar-refractivity contribution in [3.63, 3.8) is 0 Å². The number of amides is 2. The van der Waals surface area contributed by atoms with Gasteiger partial charge in [-0.1, -0.05) is 23.7 Å². The number of halogens is 1. The lowest BCUT2D eigenvalue weighted by Gasteiger charge is -2.37. The van der Waals surface area contributed by atoms with Gasteiger partial charge >= 0.3 is 0 Å². The van der Waals surface area contributed by atoms with E-state index in [4.69, 9.17) is 11.6 Å². The molecule has 0 unspecified atom stereocenters. The van der Waals surface area contributed by atoms with Gasteiger partial charge in [-0.15, -0.1) is 0 Å². The fourth-order valence-corrected chi connectivity index (χ4v) is 4.07. The summed E-state index contributed by atoms with van der Waals surface area (Å²) in [7, 11) is 0. The molecule has 1 aromatic carbocycles. The molecule has 0 bridgehead atoms. The number of benzene rings is 1. The first-order valence-corrected chi connectivity index (χ1v) is 9.43. The Morgan fingerprint density at radius 1 is 1.00 bits per heavy atom. The van der Waals surface area contributed by atoms with Gasteiger partial charge in [-0.2, -0.15) is 0 Å². The number of piperidine rings is 1. The van der Waals surface area contributed by atoms with Crippen LogP contribution >= 0.6 is 11.6 Å². The Morgan fingerprint density at radius 3 is 2.30 bits per heavy atom. The van der Waals surface area contributed by atoms with Crippen molar-refractivity contribution in [2.45, 2.75) is 19.3 Å². The number of pyridine rings is 1. The molecule has 2 saturated heterocycles. The number of aromatic nitrogens is 1. The molecule has 0 radical (unpaired) electrons. The van der Waals surface area contributed by atoms with E-state index in [0.29, 0.717) is 43.2 Å². The minimum absolute atomic E-state index is 0.0970. The van der Waals surface area contributed by atoms with E-state index >= 15 is 0 Å². The summed E-state index contributed by atoms with van der Waals surface area (Å²) >= 11 is 5.89. The zero-order chi connectivity index (χ0) is 19.0. The van der Waals surface area contributed by atoms with Crippen molar-refractivity contribution in [1.82, 2.24) is 15.2 Å². The van der Waals surface area contributed by atoms with Crippen LogP contribution in [0.25, 0.3) is 11.3 Å². The minimum atomic E-state index is -0.411. The van der Waals surface area contributed by atoms with E-state index in [1.165, 1.54) is 0 Å². The molecular weight excluding hydrogens is 366 g/mol. The van der Waals surface area contributed by atoms with Crippen LogP contribution in [0, 0.1) is 5.41 Å². The smallest absolute Gasteiger partial charge is 0.261 e. The van der Waals surface area contributed by atoms with Gasteiger partial charge in [0.2, 0.25) is 5.91 Å². The van der Waals surface area contributed by atoms with Crippen molar-refractivity contribution in [1.29, 1.82) is 0 Å². The van der Waals surface area contributed by atoms with E-state index in [0.717, 1.165) is 12.0 Å². The lowest BCUT2D eigenvalue weighted by atomic mass is 9.77. The Hall–Kier alpha value is -2.60. The average molecular weight is 386 g/mol. The van der Waals surface area contributed by atoms with Gasteiger partial charge in [-0.25, -0.2) is 0 Å². The Kier molecular flexibility index (Phi) is 4.52. The fraction of sp³-hybridized carbons (Fsp3) is 0.350. The van der Waals surface area contributed by atoms with E-state index in [1.807, 2.05) is 12.1 Å². The molecule has 1 spiro atoms. The standard InChI is InChI=1S/C20H20ClN3O3/c21-14-3-1-13(2-4-14)16-6-5-15(17(25)23-16)18(26)24-11-8-20(9-12-24)7-10-22-19(20)27/h1-6H,7-12H2,(H,22,27)(H,23,25). The average Bonchev–Trinajstić information content (AvgIpc) is 3.02. The molecular formula is C20H20ClN3O3. The van der Waals surface area contributed by atoms with Crippen molar-refractivity contribution in [2.75, 3.05) is 19.6 Å². The molecule has 4 rings (SSSR count). The number of carbonyl (C=O) groups excluding carboxylic acids is 2. The summed E-state index contributed by atoms with van der Waals surface area (Å²) in [5, 5.41) is 3.50. The van der Waals surface area contributed by atoms with Crippen LogP contribution in [0.5, 0.6) is 0 Å². The third-order valence-electron chi connectivity index (χ3n) is 5.67. The summed E-state index contributed by atoms with van der Waals surface area (Å²) in [6.45, 7) is 1.69. The molecule has 2 amide bonds. The van der Waals surface area contributed by atoms with Crippen LogP contribution in [0.3, 0.4) is 0 Å². The molecule has 2 aliphatic rings. The highest BCUT2D eigenvalue weighted by Crippen LogP contribution is 2.38. The van der Waals surface area contributed by atoms with Gasteiger partial charge in [0.15, 0.2) is 0 Å². The maximum atomic E-state index is 12.8. The first-order chi connectivity index (χ1) is 13.0. The molecule has 2 aliphatic heterocycles. The van der Waals surface area contributed by atoms with Crippen molar-refractivity contribution >= 4 is 23.4 Å². The van der Waals surface area contributed by atoms with Gasteiger partial charge in [0, 0.05) is 30.4 Å². The number of H-pyrrole nitrogens is 1. The molecule has 3 heterocycles. The molecule has 2 N–H and O–H groups in total. The summed E-state index contributed by atoms with van der Waals surface area (Å²) in [6.07, 6.45) is 2.11. The minimum Gasteiger partial charge on any atom is -0.356 e. The predicted molar refractivity (Wildman–Crippen MR) is 103 cm³/mol. The zero-order valence-electron chi connectivity index (χ0n) is 14.8. The van der Waals surface area contributed by atoms with Gasteiger partial charge in [-0.3, -0.25) is 14.4 Å². The number of likely N-dealkylation sites (tertiary alicyclic amines) is 1. The molecule has 2 aromatic rings. The van der Waals surface area contributed by atoms with Crippen LogP contribution < -0.4 is 10.9 Å². The molecule has 1 aromatic heterocycles. The van der Waals surface area contributed by atoms with Crippen LogP contribution in [-0.2, 0) is 4.79 Å². The van der Waals surface area contributed by atoms with Crippen molar-refractivity contribution < 1.29 is 9.59 Å². The first kappa shape index (κ1) is 17.8. The van der Waals surface area contributed by atoms with Crippen LogP contribution in [0.1, 0.15) is 29.6 Å². The second-order valence-electron chi connectivity index (χ2n) is 7.20. The third kappa shape index (κ3) is 3.25. The molecule has 2 fully saturated rings. The molecule has 0 atom stereocenters. The van der Waals surface area contributed by atoms with E-state index < -0.39 is 5.56 Å². The summed E-state index contributed by atoms with van der Waals surface area (Å²) in [5.74, 6) is -0.188. The molecule has 6 nitrogen and oxygen atoms in total. The lowest BCUT2D eigenvalue weighted by molar-refractivity contribution is -0.129. The molecule has 27 heavy (non-hydrogen) atoms. The SMILES string of the molecule is O=C(c1ccc(-c2ccc(Cl)cc2)[nH]c1=O)N1CCC2(CCNC2=O)CC1. The second kappa shape index (κ2) is 6.85. The highest BCUT2D eigenvalue weighted by molar-refractivity contribution is 6.30. The Bertz CT molecular complexity index is 944. The van der Waals surface area contributed by atoms with Crippen molar-refractivity contribution in [2.24, 2.45) is 5.41 Å². The molecule has 0 saturated carbocycles. The normalized spacial score (nSPS) is 18.6. The van der Waals surface area contributed by atoms with Gasteiger partial charge in [0.25, 0.3) is 11.5 Å². The number of nitrogens with one attached hydrogen (secondary N) is 2. The third-order valence-corrected chi connectivity index (χ3v) is 5.93. The van der Waals surface area contributed by atoms with Crippen LogP contribution in [0.2, 0.25) is 5.02 Å². The van der Waals surface area contributed by atoms with Gasteiger partial charge < -0.3 is 15.2 Å². The predicted octanol–water partition coefficient (Wildman–Crippen LogP) is 2.44. The number of nitrogens with zero attached hydrogens (tertiary/aromatic N) is 1. The Balaban J connectivity index is 1.50. The first-order valence-electron chi connectivity index (χ1n) is 9.05. The maximum absolute atomic E-state index is 12.8. The molecule has 140 valence electrons. The van der Waals surface area contributed by atoms with Crippen molar-refractivity contribution in [3.05, 3.63) is 57.3 Å². The van der Waals surface area contributed by atoms with Crippen LogP contribution in [0.15, 0.2) is 41.2 Å². The quantitative estimate of drug-likeness (QED) is 0.833. The highest BCUT2D eigenvalue weighted by atomic mass is 35.5. The Labute approximate surface area is 161 Å². The maximum Gasteiger partial charge on any atom is 0.261 e. The van der Waals surface area contributed by atoms with Gasteiger partial charge in [0.05, 0.1) is 5.41 Å². The molecule has 0 aliphatic carbocycles. The topological polar surface area (TPSA) is 82.3 Å². The van der Waals surface area contributed by atoms with Gasteiger partial charge in [0.1, 0.15) is 5.56 Å². The molecule has 7 heteroatoms. The Morgan fingerprint density at radius 2 is 1.70 bits per heavy atom. The number of carbonyl (C=O) groups is 2. The van der Waals surface area contributed by atoms with Crippen molar-refractivity contribution in [3.8, 4) is 11.3 Å². The highest BCUT2D eigenvalue weighted by Gasteiger charge is 2.45. The fourth-order valence-electron chi connectivity index (χ4n) is 3.94. The number of hydrogen-bond acceptors (Lipinski definition) is 3. The number of aromatic amines is 1. The largest absolute Gasteiger partial charge is 0.356 e. The summed E-state index contributed by atoms with van der Waals surface area (Å²) in [4.78, 5) is 41.8. The second-order valence-corrected chi connectivity index (χ2v) is 7.64. The summed E-state index contributed by atoms with van der Waals surface area (Å²) in [5.41, 5.74) is 0.837. The van der Waals surface area contributed by atoms with Crippen LogP contribution in [0.4, 0.5) is 0 Å². The van der Waals surface area contributed by atoms with E-state index in [1.54, 1.807) is 29.2 Å². The number of rotatable bonds is 2. The van der Waals surface area contributed by atoms with Crippen LogP contribution in [-0.4, -0.2) is 41.3 Å². The van der Waals surface area contributed by atoms with E-state index in [2.05, 4.69) is 10.3 Å². The monoisotopic (exact) mass is 385 g/mol.